The molecule has 8 heteroatoms. The van der Waals surface area contributed by atoms with Crippen molar-refractivity contribution >= 4 is 23.1 Å². The van der Waals surface area contributed by atoms with Crippen LogP contribution in [0.15, 0.2) is 66.2 Å². The molecule has 5 rings (SSSR count). The fourth-order valence-electron chi connectivity index (χ4n) is 4.91. The molecule has 0 aliphatic carbocycles. The summed E-state index contributed by atoms with van der Waals surface area (Å²) in [5.74, 6) is 0.133. The molecule has 1 N–H and O–H groups in total. The van der Waals surface area contributed by atoms with E-state index in [1.807, 2.05) is 38.1 Å². The number of hydrogen-bond donors (Lipinski definition) is 1. The number of carbonyl (C=O) groups excluding carboxylic acids is 2. The van der Waals surface area contributed by atoms with Crippen molar-refractivity contribution in [3.63, 3.8) is 0 Å². The third kappa shape index (κ3) is 4.90. The standard InChI is InChI=1S/C31H31NO7/c1-4-19-7-9-20(10-8-19)28-27(29(33)23-13-12-22(36-5-2)18-25(23)37-6-3)30(34)31(35)32(28)21-11-14-24-26(17-21)39-16-15-38-24/h7-14,17-18,28,33H,4-6,15-16H2,1-3H3/b29-27+. The highest BCUT2D eigenvalue weighted by Gasteiger charge is 2.47. The third-order valence-electron chi connectivity index (χ3n) is 6.77. The van der Waals surface area contributed by atoms with Crippen LogP contribution >= 0.6 is 0 Å². The van der Waals surface area contributed by atoms with Crippen molar-refractivity contribution in [1.82, 2.24) is 0 Å². The Bertz CT molecular complexity index is 1430. The monoisotopic (exact) mass is 529 g/mol. The maximum absolute atomic E-state index is 13.6. The van der Waals surface area contributed by atoms with Gasteiger partial charge in [-0.2, -0.15) is 0 Å². The van der Waals surface area contributed by atoms with E-state index >= 15 is 0 Å². The van der Waals surface area contributed by atoms with E-state index in [0.717, 1.165) is 12.0 Å². The number of aliphatic hydroxyl groups is 1. The first-order valence-electron chi connectivity index (χ1n) is 13.2. The highest BCUT2D eigenvalue weighted by atomic mass is 16.6. The summed E-state index contributed by atoms with van der Waals surface area (Å²) in [5.41, 5.74) is 2.54. The first kappa shape index (κ1) is 26.2. The zero-order chi connectivity index (χ0) is 27.5. The predicted octanol–water partition coefficient (Wildman–Crippen LogP) is 5.44. The fourth-order valence-corrected chi connectivity index (χ4v) is 4.91. The Hall–Kier alpha value is -4.46. The molecule has 1 saturated heterocycles. The van der Waals surface area contributed by atoms with E-state index in [1.165, 1.54) is 4.90 Å². The molecule has 0 radical (unpaired) electrons. The second-order valence-electron chi connectivity index (χ2n) is 9.12. The summed E-state index contributed by atoms with van der Waals surface area (Å²) in [5, 5.41) is 11.6. The van der Waals surface area contributed by atoms with Crippen LogP contribution in [0.5, 0.6) is 23.0 Å². The highest BCUT2D eigenvalue weighted by Crippen LogP contribution is 2.45. The van der Waals surface area contributed by atoms with Gasteiger partial charge in [0.15, 0.2) is 11.5 Å². The van der Waals surface area contributed by atoms with Gasteiger partial charge in [0.2, 0.25) is 0 Å². The average molecular weight is 530 g/mol. The van der Waals surface area contributed by atoms with Gasteiger partial charge in [-0.05, 0) is 55.7 Å². The molecule has 1 fully saturated rings. The van der Waals surface area contributed by atoms with Gasteiger partial charge < -0.3 is 24.1 Å². The van der Waals surface area contributed by atoms with Crippen molar-refractivity contribution in [2.24, 2.45) is 0 Å². The Kier molecular flexibility index (Phi) is 7.45. The van der Waals surface area contributed by atoms with E-state index in [4.69, 9.17) is 18.9 Å². The Balaban J connectivity index is 1.69. The summed E-state index contributed by atoms with van der Waals surface area (Å²) >= 11 is 0. The van der Waals surface area contributed by atoms with Gasteiger partial charge in [-0.1, -0.05) is 31.2 Å². The largest absolute Gasteiger partial charge is 0.507 e. The Labute approximate surface area is 227 Å². The number of Topliss-reactive ketones (excluding diaryl/α,β-unsaturated/α-hetero) is 1. The fraction of sp³-hybridized carbons (Fsp3) is 0.290. The van der Waals surface area contributed by atoms with Gasteiger partial charge in [0.05, 0.1) is 30.4 Å². The Morgan fingerprint density at radius 1 is 0.897 bits per heavy atom. The number of ketones is 1. The molecule has 1 atom stereocenters. The molecule has 1 unspecified atom stereocenters. The maximum atomic E-state index is 13.6. The van der Waals surface area contributed by atoms with E-state index in [0.29, 0.717) is 66.2 Å². The number of benzene rings is 3. The number of carbonyl (C=O) groups is 2. The number of hydrogen-bond acceptors (Lipinski definition) is 7. The van der Waals surface area contributed by atoms with E-state index < -0.39 is 17.7 Å². The van der Waals surface area contributed by atoms with Crippen LogP contribution in [0.2, 0.25) is 0 Å². The summed E-state index contributed by atoms with van der Waals surface area (Å²) in [7, 11) is 0. The number of aliphatic hydroxyl groups excluding tert-OH is 1. The van der Waals surface area contributed by atoms with Gasteiger partial charge in [-0.3, -0.25) is 14.5 Å². The second-order valence-corrected chi connectivity index (χ2v) is 9.12. The number of amides is 1. The van der Waals surface area contributed by atoms with Crippen LogP contribution in [-0.4, -0.2) is 43.2 Å². The summed E-state index contributed by atoms with van der Waals surface area (Å²) < 4.78 is 22.8. The molecule has 39 heavy (non-hydrogen) atoms. The van der Waals surface area contributed by atoms with E-state index in [9.17, 15) is 14.7 Å². The lowest BCUT2D eigenvalue weighted by molar-refractivity contribution is -0.132. The number of nitrogens with zero attached hydrogens (tertiary/aromatic N) is 1. The Morgan fingerprint density at radius 2 is 1.62 bits per heavy atom. The number of fused-ring (bicyclic) bond motifs is 1. The smallest absolute Gasteiger partial charge is 0.300 e. The maximum Gasteiger partial charge on any atom is 0.300 e. The number of anilines is 1. The molecule has 2 aliphatic rings. The SMILES string of the molecule is CCOc1ccc(/C(O)=C2\C(=O)C(=O)N(c3ccc4c(c3)OCCO4)C2c2ccc(CC)cc2)c(OCC)c1. The van der Waals surface area contributed by atoms with Crippen molar-refractivity contribution in [3.8, 4) is 23.0 Å². The quantitative estimate of drug-likeness (QED) is 0.236. The molecular formula is C31H31NO7. The van der Waals surface area contributed by atoms with Crippen LogP contribution in [0.25, 0.3) is 5.76 Å². The molecule has 2 aliphatic heterocycles. The minimum atomic E-state index is -0.875. The molecule has 3 aromatic rings. The van der Waals surface area contributed by atoms with Crippen molar-refractivity contribution in [2.75, 3.05) is 31.3 Å². The highest BCUT2D eigenvalue weighted by molar-refractivity contribution is 6.51. The summed E-state index contributed by atoms with van der Waals surface area (Å²) in [6.07, 6.45) is 0.840. The van der Waals surface area contributed by atoms with Gasteiger partial charge in [0, 0.05) is 17.8 Å². The third-order valence-corrected chi connectivity index (χ3v) is 6.77. The normalized spacial score (nSPS) is 17.8. The lowest BCUT2D eigenvalue weighted by Crippen LogP contribution is -2.29. The first-order chi connectivity index (χ1) is 19.0. The molecule has 0 spiro atoms. The van der Waals surface area contributed by atoms with Crippen molar-refractivity contribution in [3.05, 3.63) is 82.9 Å². The summed E-state index contributed by atoms with van der Waals surface area (Å²) in [6, 6.07) is 16.9. The van der Waals surface area contributed by atoms with Crippen LogP contribution in [0.3, 0.4) is 0 Å². The van der Waals surface area contributed by atoms with Crippen molar-refractivity contribution < 1.29 is 33.6 Å². The molecule has 0 saturated carbocycles. The summed E-state index contributed by atoms with van der Waals surface area (Å²) in [4.78, 5) is 28.6. The molecule has 2 heterocycles. The van der Waals surface area contributed by atoms with Gasteiger partial charge in [-0.15, -0.1) is 0 Å². The molecule has 0 bridgehead atoms. The molecule has 8 nitrogen and oxygen atoms in total. The Morgan fingerprint density at radius 3 is 2.31 bits per heavy atom. The van der Waals surface area contributed by atoms with Crippen LogP contribution in [0.4, 0.5) is 5.69 Å². The van der Waals surface area contributed by atoms with E-state index in [1.54, 1.807) is 36.4 Å². The molecule has 1 amide bonds. The van der Waals surface area contributed by atoms with Crippen LogP contribution in [0, 0.1) is 0 Å². The first-order valence-corrected chi connectivity index (χ1v) is 13.2. The van der Waals surface area contributed by atoms with E-state index in [2.05, 4.69) is 6.92 Å². The van der Waals surface area contributed by atoms with Gasteiger partial charge in [-0.25, -0.2) is 0 Å². The number of rotatable bonds is 8. The number of ether oxygens (including phenoxy) is 4. The average Bonchev–Trinajstić information content (AvgIpc) is 3.23. The van der Waals surface area contributed by atoms with Crippen LogP contribution < -0.4 is 23.8 Å². The molecule has 0 aromatic heterocycles. The predicted molar refractivity (Wildman–Crippen MR) is 147 cm³/mol. The number of aryl methyl sites for hydroxylation is 1. The minimum Gasteiger partial charge on any atom is -0.507 e. The van der Waals surface area contributed by atoms with Gasteiger partial charge in [0.25, 0.3) is 11.7 Å². The van der Waals surface area contributed by atoms with Crippen LogP contribution in [0.1, 0.15) is 43.5 Å². The van der Waals surface area contributed by atoms with E-state index in [-0.39, 0.29) is 11.3 Å². The lowest BCUT2D eigenvalue weighted by Gasteiger charge is -2.27. The van der Waals surface area contributed by atoms with Crippen molar-refractivity contribution in [2.45, 2.75) is 33.2 Å². The van der Waals surface area contributed by atoms with Gasteiger partial charge in [0.1, 0.15) is 30.5 Å². The topological polar surface area (TPSA) is 94.5 Å². The zero-order valence-electron chi connectivity index (χ0n) is 22.2. The molecule has 3 aromatic carbocycles. The van der Waals surface area contributed by atoms with Crippen LogP contribution in [-0.2, 0) is 16.0 Å². The minimum absolute atomic E-state index is 0.0238. The second kappa shape index (κ2) is 11.1. The van der Waals surface area contributed by atoms with Gasteiger partial charge >= 0.3 is 0 Å². The summed E-state index contributed by atoms with van der Waals surface area (Å²) in [6.45, 7) is 7.37. The van der Waals surface area contributed by atoms with Crippen molar-refractivity contribution in [1.29, 1.82) is 0 Å². The lowest BCUT2D eigenvalue weighted by atomic mass is 9.94. The molecule has 202 valence electrons. The molecular weight excluding hydrogens is 498 g/mol. The zero-order valence-corrected chi connectivity index (χ0v) is 22.2.